The second kappa shape index (κ2) is 6.61. The minimum atomic E-state index is -0.366. The number of benzene rings is 1. The third-order valence-electron chi connectivity index (χ3n) is 3.15. The molecule has 4 nitrogen and oxygen atoms in total. The van der Waals surface area contributed by atoms with Gasteiger partial charge in [-0.2, -0.15) is 0 Å². The number of nitrogens with zero attached hydrogens (tertiary/aromatic N) is 1. The van der Waals surface area contributed by atoms with E-state index in [9.17, 15) is 14.0 Å². The number of amides is 1. The second-order valence-electron chi connectivity index (χ2n) is 5.32. The molecule has 1 fully saturated rings. The first kappa shape index (κ1) is 14.7. The lowest BCUT2D eigenvalue weighted by molar-refractivity contribution is -0.123. The van der Waals surface area contributed by atoms with Crippen LogP contribution in [0.2, 0.25) is 0 Å². The maximum atomic E-state index is 13.4. The van der Waals surface area contributed by atoms with Crippen LogP contribution < -0.4 is 5.32 Å². The molecule has 108 valence electrons. The molecule has 0 heterocycles. The van der Waals surface area contributed by atoms with Crippen LogP contribution in [0.4, 0.5) is 4.39 Å². The normalized spacial score (nSPS) is 14.3. The zero-order valence-corrected chi connectivity index (χ0v) is 11.6. The van der Waals surface area contributed by atoms with Gasteiger partial charge in [0.25, 0.3) is 0 Å². The summed E-state index contributed by atoms with van der Waals surface area (Å²) in [7, 11) is 1.71. The predicted molar refractivity (Wildman–Crippen MR) is 73.8 cm³/mol. The van der Waals surface area contributed by atoms with Crippen LogP contribution >= 0.6 is 0 Å². The summed E-state index contributed by atoms with van der Waals surface area (Å²) in [5.74, 6) is -0.527. The fourth-order valence-corrected chi connectivity index (χ4v) is 2.01. The van der Waals surface area contributed by atoms with Crippen LogP contribution in [0.15, 0.2) is 24.3 Å². The molecular formula is C15H19FN2O2. The Morgan fingerprint density at radius 2 is 2.00 bits per heavy atom. The van der Waals surface area contributed by atoms with Crippen LogP contribution in [0, 0.1) is 5.82 Å². The first-order chi connectivity index (χ1) is 9.54. The summed E-state index contributed by atoms with van der Waals surface area (Å²) in [5.41, 5.74) is 0.397. The summed E-state index contributed by atoms with van der Waals surface area (Å²) in [6.07, 6.45) is 2.14. The molecule has 20 heavy (non-hydrogen) atoms. The number of carbonyl (C=O) groups excluding carboxylic acids is 2. The first-order valence-electron chi connectivity index (χ1n) is 6.77. The minimum Gasteiger partial charge on any atom is -0.352 e. The number of nitrogens with one attached hydrogen (secondary N) is 1. The number of carbonyl (C=O) groups is 2. The van der Waals surface area contributed by atoms with Gasteiger partial charge in [-0.3, -0.25) is 14.5 Å². The molecule has 0 aromatic heterocycles. The molecule has 1 aliphatic rings. The molecule has 1 aromatic carbocycles. The molecule has 0 saturated heterocycles. The molecule has 1 amide bonds. The molecule has 1 saturated carbocycles. The number of hydrogen-bond donors (Lipinski definition) is 1. The van der Waals surface area contributed by atoms with Gasteiger partial charge in [-0.05, 0) is 31.5 Å². The van der Waals surface area contributed by atoms with Crippen molar-refractivity contribution in [2.75, 3.05) is 20.1 Å². The van der Waals surface area contributed by atoms with Crippen LogP contribution in [0.1, 0.15) is 18.4 Å². The van der Waals surface area contributed by atoms with Crippen molar-refractivity contribution in [3.05, 3.63) is 35.6 Å². The van der Waals surface area contributed by atoms with Crippen LogP contribution in [-0.2, 0) is 16.0 Å². The zero-order chi connectivity index (χ0) is 14.5. The van der Waals surface area contributed by atoms with Crippen molar-refractivity contribution in [1.82, 2.24) is 10.2 Å². The number of rotatable bonds is 7. The van der Waals surface area contributed by atoms with Gasteiger partial charge in [0.2, 0.25) is 5.91 Å². The van der Waals surface area contributed by atoms with E-state index in [-0.39, 0.29) is 37.0 Å². The first-order valence-corrected chi connectivity index (χ1v) is 6.77. The molecular weight excluding hydrogens is 259 g/mol. The van der Waals surface area contributed by atoms with E-state index < -0.39 is 0 Å². The van der Waals surface area contributed by atoms with E-state index in [2.05, 4.69) is 5.32 Å². The highest BCUT2D eigenvalue weighted by Crippen LogP contribution is 2.18. The third kappa shape index (κ3) is 4.74. The van der Waals surface area contributed by atoms with E-state index in [0.717, 1.165) is 12.8 Å². The SMILES string of the molecule is CN(CC(=O)Cc1ccccc1F)CC(=O)NC1CC1. The fraction of sp³-hybridized carbons (Fsp3) is 0.467. The number of likely N-dealkylation sites (N-methyl/N-ethyl adjacent to an activating group) is 1. The largest absolute Gasteiger partial charge is 0.352 e. The van der Waals surface area contributed by atoms with Crippen molar-refractivity contribution in [3.63, 3.8) is 0 Å². The predicted octanol–water partition coefficient (Wildman–Crippen LogP) is 1.15. The molecule has 0 radical (unpaired) electrons. The van der Waals surface area contributed by atoms with Crippen molar-refractivity contribution < 1.29 is 14.0 Å². The Hall–Kier alpha value is -1.75. The van der Waals surface area contributed by atoms with E-state index in [1.807, 2.05) is 0 Å². The molecule has 0 atom stereocenters. The molecule has 0 bridgehead atoms. The lowest BCUT2D eigenvalue weighted by Crippen LogP contribution is -2.38. The smallest absolute Gasteiger partial charge is 0.234 e. The van der Waals surface area contributed by atoms with Gasteiger partial charge < -0.3 is 5.32 Å². The number of ketones is 1. The monoisotopic (exact) mass is 278 g/mol. The second-order valence-corrected chi connectivity index (χ2v) is 5.32. The number of halogens is 1. The summed E-state index contributed by atoms with van der Waals surface area (Å²) >= 11 is 0. The Labute approximate surface area is 118 Å². The van der Waals surface area contributed by atoms with Crippen LogP contribution in [0.25, 0.3) is 0 Å². The van der Waals surface area contributed by atoms with E-state index in [1.165, 1.54) is 6.07 Å². The maximum Gasteiger partial charge on any atom is 0.234 e. The summed E-state index contributed by atoms with van der Waals surface area (Å²) < 4.78 is 13.4. The summed E-state index contributed by atoms with van der Waals surface area (Å²) in [6, 6.07) is 6.57. The standard InChI is InChI=1S/C15H19FN2O2/c1-18(10-15(20)17-12-6-7-12)9-13(19)8-11-4-2-3-5-14(11)16/h2-5,12H,6-10H2,1H3,(H,17,20). The number of hydrogen-bond acceptors (Lipinski definition) is 3. The highest BCUT2D eigenvalue weighted by molar-refractivity contribution is 5.84. The number of Topliss-reactive ketones (excluding diaryl/α,β-unsaturated/α-hetero) is 1. The Bertz CT molecular complexity index is 500. The molecule has 0 spiro atoms. The third-order valence-corrected chi connectivity index (χ3v) is 3.15. The van der Waals surface area contributed by atoms with Crippen molar-refractivity contribution in [2.24, 2.45) is 0 Å². The molecule has 1 aromatic rings. The Kier molecular flexibility index (Phi) is 4.84. The molecule has 5 heteroatoms. The zero-order valence-electron chi connectivity index (χ0n) is 11.6. The molecule has 0 aliphatic heterocycles. The molecule has 1 N–H and O–H groups in total. The van der Waals surface area contributed by atoms with E-state index in [0.29, 0.717) is 11.6 Å². The average molecular weight is 278 g/mol. The highest BCUT2D eigenvalue weighted by Gasteiger charge is 2.23. The molecule has 0 unspecified atom stereocenters. The van der Waals surface area contributed by atoms with Crippen LogP contribution in [0.3, 0.4) is 0 Å². The Morgan fingerprint density at radius 1 is 1.30 bits per heavy atom. The summed E-state index contributed by atoms with van der Waals surface area (Å²) in [4.78, 5) is 25.1. The van der Waals surface area contributed by atoms with Crippen molar-refractivity contribution in [1.29, 1.82) is 0 Å². The average Bonchev–Trinajstić information content (AvgIpc) is 3.15. The van der Waals surface area contributed by atoms with E-state index in [1.54, 1.807) is 30.1 Å². The van der Waals surface area contributed by atoms with Crippen LogP contribution in [-0.4, -0.2) is 42.8 Å². The lowest BCUT2D eigenvalue weighted by Gasteiger charge is -2.15. The van der Waals surface area contributed by atoms with Gasteiger partial charge in [-0.1, -0.05) is 18.2 Å². The van der Waals surface area contributed by atoms with E-state index in [4.69, 9.17) is 0 Å². The fourth-order valence-electron chi connectivity index (χ4n) is 2.01. The summed E-state index contributed by atoms with van der Waals surface area (Å²) in [5, 5.41) is 2.86. The van der Waals surface area contributed by atoms with Gasteiger partial charge in [0.1, 0.15) is 5.82 Å². The van der Waals surface area contributed by atoms with Gasteiger partial charge in [0.05, 0.1) is 13.1 Å². The summed E-state index contributed by atoms with van der Waals surface area (Å²) in [6.45, 7) is 0.339. The topological polar surface area (TPSA) is 49.4 Å². The van der Waals surface area contributed by atoms with E-state index >= 15 is 0 Å². The highest BCUT2D eigenvalue weighted by atomic mass is 19.1. The van der Waals surface area contributed by atoms with Crippen molar-refractivity contribution in [2.45, 2.75) is 25.3 Å². The lowest BCUT2D eigenvalue weighted by atomic mass is 10.1. The molecule has 1 aliphatic carbocycles. The van der Waals surface area contributed by atoms with Crippen molar-refractivity contribution in [3.8, 4) is 0 Å². The van der Waals surface area contributed by atoms with Gasteiger partial charge in [-0.15, -0.1) is 0 Å². The van der Waals surface area contributed by atoms with Gasteiger partial charge in [0.15, 0.2) is 5.78 Å². The van der Waals surface area contributed by atoms with Gasteiger partial charge in [-0.25, -0.2) is 4.39 Å². The Morgan fingerprint density at radius 3 is 2.65 bits per heavy atom. The Balaban J connectivity index is 1.75. The van der Waals surface area contributed by atoms with Gasteiger partial charge in [0, 0.05) is 12.5 Å². The minimum absolute atomic E-state index is 0.0568. The van der Waals surface area contributed by atoms with Crippen LogP contribution in [0.5, 0.6) is 0 Å². The maximum absolute atomic E-state index is 13.4. The van der Waals surface area contributed by atoms with Crippen molar-refractivity contribution >= 4 is 11.7 Å². The quantitative estimate of drug-likeness (QED) is 0.814. The van der Waals surface area contributed by atoms with Gasteiger partial charge >= 0.3 is 0 Å². The molecule has 2 rings (SSSR count).